The van der Waals surface area contributed by atoms with E-state index < -0.39 is 5.82 Å². The Morgan fingerprint density at radius 2 is 2.00 bits per heavy atom. The van der Waals surface area contributed by atoms with Crippen LogP contribution in [0.1, 0.15) is 5.56 Å². The number of pyridine rings is 1. The molecule has 0 amide bonds. The van der Waals surface area contributed by atoms with Crippen molar-refractivity contribution in [2.24, 2.45) is 0 Å². The third-order valence-electron chi connectivity index (χ3n) is 2.27. The van der Waals surface area contributed by atoms with E-state index in [0.29, 0.717) is 16.7 Å². The molecule has 0 radical (unpaired) electrons. The number of alkyl halides is 1. The SMILES string of the molecule is Fc1cccc(-c2cncc(F)c2CCl)c1. The molecule has 4 heteroatoms. The Kier molecular flexibility index (Phi) is 3.15. The number of halogens is 3. The van der Waals surface area contributed by atoms with Gasteiger partial charge in [0.1, 0.15) is 11.6 Å². The third kappa shape index (κ3) is 2.04. The van der Waals surface area contributed by atoms with E-state index in [1.165, 1.54) is 18.3 Å². The van der Waals surface area contributed by atoms with Crippen LogP contribution < -0.4 is 0 Å². The van der Waals surface area contributed by atoms with E-state index >= 15 is 0 Å². The van der Waals surface area contributed by atoms with E-state index in [1.807, 2.05) is 0 Å². The fourth-order valence-electron chi connectivity index (χ4n) is 1.50. The highest BCUT2D eigenvalue weighted by Gasteiger charge is 2.10. The van der Waals surface area contributed by atoms with Crippen molar-refractivity contribution in [2.45, 2.75) is 5.88 Å². The molecule has 0 fully saturated rings. The molecule has 16 heavy (non-hydrogen) atoms. The van der Waals surface area contributed by atoms with E-state index in [0.717, 1.165) is 6.20 Å². The highest BCUT2D eigenvalue weighted by atomic mass is 35.5. The number of aromatic nitrogens is 1. The summed E-state index contributed by atoms with van der Waals surface area (Å²) >= 11 is 5.67. The predicted molar refractivity (Wildman–Crippen MR) is 59.1 cm³/mol. The minimum atomic E-state index is -0.475. The molecule has 1 nitrogen and oxygen atoms in total. The van der Waals surface area contributed by atoms with Gasteiger partial charge in [-0.1, -0.05) is 12.1 Å². The molecule has 0 aliphatic carbocycles. The van der Waals surface area contributed by atoms with Gasteiger partial charge in [0.2, 0.25) is 0 Å². The van der Waals surface area contributed by atoms with Crippen molar-refractivity contribution < 1.29 is 8.78 Å². The van der Waals surface area contributed by atoms with Gasteiger partial charge in [-0.05, 0) is 17.7 Å². The van der Waals surface area contributed by atoms with Crippen molar-refractivity contribution in [1.29, 1.82) is 0 Å². The smallest absolute Gasteiger partial charge is 0.146 e. The zero-order valence-electron chi connectivity index (χ0n) is 8.25. The second-order valence-electron chi connectivity index (χ2n) is 3.29. The van der Waals surface area contributed by atoms with Gasteiger partial charge >= 0.3 is 0 Å². The first-order valence-electron chi connectivity index (χ1n) is 4.66. The van der Waals surface area contributed by atoms with Gasteiger partial charge in [-0.25, -0.2) is 8.78 Å². The maximum absolute atomic E-state index is 13.4. The van der Waals surface area contributed by atoms with Crippen LogP contribution in [0.2, 0.25) is 0 Å². The van der Waals surface area contributed by atoms with Crippen LogP contribution in [0.3, 0.4) is 0 Å². The molecule has 0 saturated heterocycles. The lowest BCUT2D eigenvalue weighted by Gasteiger charge is -2.07. The van der Waals surface area contributed by atoms with Crippen LogP contribution in [-0.2, 0) is 5.88 Å². The first-order chi connectivity index (χ1) is 7.72. The molecule has 0 spiro atoms. The molecular formula is C12H8ClF2N. The Labute approximate surface area is 96.7 Å². The van der Waals surface area contributed by atoms with Gasteiger partial charge in [-0.3, -0.25) is 4.98 Å². The third-order valence-corrected chi connectivity index (χ3v) is 2.54. The molecule has 1 heterocycles. The fourth-order valence-corrected chi connectivity index (χ4v) is 1.77. The molecule has 0 N–H and O–H groups in total. The Morgan fingerprint density at radius 1 is 1.19 bits per heavy atom. The molecule has 2 rings (SSSR count). The zero-order chi connectivity index (χ0) is 11.5. The summed E-state index contributed by atoms with van der Waals surface area (Å²) in [6.07, 6.45) is 2.58. The summed E-state index contributed by atoms with van der Waals surface area (Å²) < 4.78 is 26.4. The van der Waals surface area contributed by atoms with Gasteiger partial charge in [0.15, 0.2) is 0 Å². The number of rotatable bonds is 2. The minimum Gasteiger partial charge on any atom is -0.261 e. The average molecular weight is 240 g/mol. The molecule has 2 aromatic rings. The van der Waals surface area contributed by atoms with Crippen LogP contribution in [0.25, 0.3) is 11.1 Å². The van der Waals surface area contributed by atoms with Gasteiger partial charge in [-0.2, -0.15) is 0 Å². The van der Waals surface area contributed by atoms with Gasteiger partial charge in [0.05, 0.1) is 12.1 Å². The predicted octanol–water partition coefficient (Wildman–Crippen LogP) is 3.77. The van der Waals surface area contributed by atoms with Crippen LogP contribution in [-0.4, -0.2) is 4.98 Å². The molecule has 0 bridgehead atoms. The lowest BCUT2D eigenvalue weighted by Crippen LogP contribution is -1.93. The molecular weight excluding hydrogens is 232 g/mol. The van der Waals surface area contributed by atoms with Crippen LogP contribution in [0.5, 0.6) is 0 Å². The van der Waals surface area contributed by atoms with Crippen molar-refractivity contribution in [2.75, 3.05) is 0 Å². The number of benzene rings is 1. The van der Waals surface area contributed by atoms with Crippen molar-refractivity contribution in [3.8, 4) is 11.1 Å². The summed E-state index contributed by atoms with van der Waals surface area (Å²) in [5, 5.41) is 0. The lowest BCUT2D eigenvalue weighted by atomic mass is 10.0. The summed E-state index contributed by atoms with van der Waals surface area (Å²) in [5.74, 6) is -0.820. The Hall–Kier alpha value is -1.48. The lowest BCUT2D eigenvalue weighted by molar-refractivity contribution is 0.611. The van der Waals surface area contributed by atoms with E-state index in [-0.39, 0.29) is 11.7 Å². The topological polar surface area (TPSA) is 12.9 Å². The van der Waals surface area contributed by atoms with Crippen LogP contribution in [0.15, 0.2) is 36.7 Å². The van der Waals surface area contributed by atoms with Gasteiger partial charge in [0, 0.05) is 17.3 Å². The normalized spacial score (nSPS) is 10.4. The van der Waals surface area contributed by atoms with E-state index in [4.69, 9.17) is 11.6 Å². The monoisotopic (exact) mass is 239 g/mol. The van der Waals surface area contributed by atoms with Crippen LogP contribution >= 0.6 is 11.6 Å². The average Bonchev–Trinajstić information content (AvgIpc) is 2.28. The maximum atomic E-state index is 13.4. The van der Waals surface area contributed by atoms with Crippen molar-refractivity contribution in [3.63, 3.8) is 0 Å². The molecule has 0 aliphatic rings. The van der Waals surface area contributed by atoms with Gasteiger partial charge in [0.25, 0.3) is 0 Å². The van der Waals surface area contributed by atoms with E-state index in [2.05, 4.69) is 4.98 Å². The zero-order valence-corrected chi connectivity index (χ0v) is 9.01. The highest BCUT2D eigenvalue weighted by Crippen LogP contribution is 2.26. The van der Waals surface area contributed by atoms with Gasteiger partial charge < -0.3 is 0 Å². The second-order valence-corrected chi connectivity index (χ2v) is 3.56. The van der Waals surface area contributed by atoms with Crippen molar-refractivity contribution in [1.82, 2.24) is 4.98 Å². The first kappa shape index (κ1) is 11.0. The maximum Gasteiger partial charge on any atom is 0.146 e. The number of hydrogen-bond donors (Lipinski definition) is 0. The Bertz CT molecular complexity index is 514. The Balaban J connectivity index is 2.60. The van der Waals surface area contributed by atoms with Gasteiger partial charge in [-0.15, -0.1) is 11.6 Å². The number of hydrogen-bond acceptors (Lipinski definition) is 1. The largest absolute Gasteiger partial charge is 0.261 e. The highest BCUT2D eigenvalue weighted by molar-refractivity contribution is 6.17. The summed E-state index contributed by atoms with van der Waals surface area (Å²) in [7, 11) is 0. The summed E-state index contributed by atoms with van der Waals surface area (Å²) in [5.41, 5.74) is 1.43. The molecule has 0 aliphatic heterocycles. The minimum absolute atomic E-state index is 0.0280. The van der Waals surface area contributed by atoms with Crippen LogP contribution in [0, 0.1) is 11.6 Å². The molecule has 0 atom stereocenters. The van der Waals surface area contributed by atoms with E-state index in [1.54, 1.807) is 12.1 Å². The molecule has 0 unspecified atom stereocenters. The summed E-state index contributed by atoms with van der Waals surface area (Å²) in [6, 6.07) is 5.91. The first-order valence-corrected chi connectivity index (χ1v) is 5.20. The summed E-state index contributed by atoms with van der Waals surface area (Å²) in [6.45, 7) is 0. The quantitative estimate of drug-likeness (QED) is 0.727. The van der Waals surface area contributed by atoms with Crippen LogP contribution in [0.4, 0.5) is 8.78 Å². The Morgan fingerprint density at radius 3 is 2.69 bits per heavy atom. The molecule has 82 valence electrons. The standard InChI is InChI=1S/C12H8ClF2N/c13-5-10-11(6-16-7-12(10)15)8-2-1-3-9(14)4-8/h1-4,6-7H,5H2. The molecule has 0 saturated carbocycles. The molecule has 1 aromatic carbocycles. The second kappa shape index (κ2) is 4.58. The summed E-state index contributed by atoms with van der Waals surface area (Å²) in [4.78, 5) is 3.74. The van der Waals surface area contributed by atoms with Crippen molar-refractivity contribution >= 4 is 11.6 Å². The van der Waals surface area contributed by atoms with E-state index in [9.17, 15) is 8.78 Å². The fraction of sp³-hybridized carbons (Fsp3) is 0.0833. The molecule has 1 aromatic heterocycles. The van der Waals surface area contributed by atoms with Crippen molar-refractivity contribution in [3.05, 3.63) is 53.9 Å². The number of nitrogens with zero attached hydrogens (tertiary/aromatic N) is 1.